The standard InChI is InChI=1S/C32H37N3O2/c1-3-33-18-20-34(21-19-33)32(36)22-29(26-14-16-27(17-15-26)37-4-2)30-24-35(23-25-10-6-5-7-11-25)31-13-9-8-12-28(30)31/h5-17,24,29H,3-4,18-23H2,1-2H3/t29-/m0/s1. The number of rotatable bonds is 9. The zero-order valence-corrected chi connectivity index (χ0v) is 22.0. The molecule has 0 bridgehead atoms. The van der Waals surface area contributed by atoms with E-state index in [-0.39, 0.29) is 11.8 Å². The summed E-state index contributed by atoms with van der Waals surface area (Å²) in [6, 6.07) is 27.4. The van der Waals surface area contributed by atoms with Crippen molar-refractivity contribution >= 4 is 16.8 Å². The minimum absolute atomic E-state index is 0.0331. The number of nitrogens with zero attached hydrogens (tertiary/aromatic N) is 3. The van der Waals surface area contributed by atoms with Gasteiger partial charge in [-0.25, -0.2) is 0 Å². The van der Waals surface area contributed by atoms with Crippen LogP contribution < -0.4 is 4.74 Å². The zero-order valence-electron chi connectivity index (χ0n) is 22.0. The van der Waals surface area contributed by atoms with Gasteiger partial charge in [0, 0.05) is 62.2 Å². The molecular formula is C32H37N3O2. The van der Waals surface area contributed by atoms with Crippen LogP contribution in [0.4, 0.5) is 0 Å². The van der Waals surface area contributed by atoms with Crippen molar-refractivity contribution in [2.75, 3.05) is 39.3 Å². The Bertz CT molecular complexity index is 1310. The first-order valence-corrected chi connectivity index (χ1v) is 13.5. The van der Waals surface area contributed by atoms with Crippen molar-refractivity contribution in [1.82, 2.24) is 14.4 Å². The fourth-order valence-electron chi connectivity index (χ4n) is 5.45. The van der Waals surface area contributed by atoms with E-state index in [1.807, 2.05) is 19.1 Å². The van der Waals surface area contributed by atoms with Gasteiger partial charge in [-0.2, -0.15) is 0 Å². The first-order valence-electron chi connectivity index (χ1n) is 13.5. The Morgan fingerprint density at radius 3 is 2.27 bits per heavy atom. The van der Waals surface area contributed by atoms with Crippen LogP contribution in [-0.2, 0) is 11.3 Å². The maximum Gasteiger partial charge on any atom is 0.223 e. The van der Waals surface area contributed by atoms with Crippen LogP contribution in [0, 0.1) is 0 Å². The molecule has 0 spiro atoms. The van der Waals surface area contributed by atoms with Gasteiger partial charge >= 0.3 is 0 Å². The van der Waals surface area contributed by atoms with Crippen LogP contribution in [0.15, 0.2) is 85.1 Å². The lowest BCUT2D eigenvalue weighted by atomic mass is 9.87. The van der Waals surface area contributed by atoms with Crippen LogP contribution in [0.2, 0.25) is 0 Å². The summed E-state index contributed by atoms with van der Waals surface area (Å²) < 4.78 is 8.03. The minimum Gasteiger partial charge on any atom is -0.494 e. The highest BCUT2D eigenvalue weighted by atomic mass is 16.5. The van der Waals surface area contributed by atoms with Gasteiger partial charge in [-0.15, -0.1) is 0 Å². The number of hydrogen-bond donors (Lipinski definition) is 0. The Kier molecular flexibility index (Phi) is 7.90. The molecule has 1 aromatic heterocycles. The van der Waals surface area contributed by atoms with Crippen LogP contribution in [-0.4, -0.2) is 59.6 Å². The third kappa shape index (κ3) is 5.72. The normalized spacial score (nSPS) is 15.1. The quantitative estimate of drug-likeness (QED) is 0.296. The molecule has 1 amide bonds. The fourth-order valence-corrected chi connectivity index (χ4v) is 5.45. The highest BCUT2D eigenvalue weighted by Gasteiger charge is 2.27. The van der Waals surface area contributed by atoms with E-state index in [9.17, 15) is 4.79 Å². The lowest BCUT2D eigenvalue weighted by molar-refractivity contribution is -0.133. The van der Waals surface area contributed by atoms with Gasteiger partial charge < -0.3 is 19.1 Å². The van der Waals surface area contributed by atoms with Crippen LogP contribution in [0.3, 0.4) is 0 Å². The largest absolute Gasteiger partial charge is 0.494 e. The van der Waals surface area contributed by atoms with Gasteiger partial charge in [0.25, 0.3) is 0 Å². The molecular weight excluding hydrogens is 458 g/mol. The molecule has 2 heterocycles. The molecule has 5 rings (SSSR count). The Labute approximate surface area is 220 Å². The van der Waals surface area contributed by atoms with Crippen LogP contribution in [0.5, 0.6) is 5.75 Å². The molecule has 0 radical (unpaired) electrons. The molecule has 4 aromatic rings. The number of fused-ring (bicyclic) bond motifs is 1. The average molecular weight is 496 g/mol. The summed E-state index contributed by atoms with van der Waals surface area (Å²) >= 11 is 0. The molecule has 0 saturated carbocycles. The summed E-state index contributed by atoms with van der Waals surface area (Å²) in [5.41, 5.74) is 4.81. The Morgan fingerprint density at radius 2 is 1.57 bits per heavy atom. The number of likely N-dealkylation sites (N-methyl/N-ethyl adjacent to an activating group) is 1. The molecule has 0 unspecified atom stereocenters. The summed E-state index contributed by atoms with van der Waals surface area (Å²) in [5, 5.41) is 1.21. The summed E-state index contributed by atoms with van der Waals surface area (Å²) in [7, 11) is 0. The Morgan fingerprint density at radius 1 is 0.865 bits per heavy atom. The molecule has 1 saturated heterocycles. The van der Waals surface area contributed by atoms with Crippen molar-refractivity contribution in [2.24, 2.45) is 0 Å². The number of carbonyl (C=O) groups is 1. The number of hydrogen-bond acceptors (Lipinski definition) is 3. The molecule has 37 heavy (non-hydrogen) atoms. The molecule has 0 N–H and O–H groups in total. The van der Waals surface area contributed by atoms with Crippen LogP contribution in [0.25, 0.3) is 10.9 Å². The first kappa shape index (κ1) is 25.1. The molecule has 1 aliphatic rings. The second-order valence-corrected chi connectivity index (χ2v) is 9.79. The van der Waals surface area contributed by atoms with Crippen molar-refractivity contribution < 1.29 is 9.53 Å². The summed E-state index contributed by atoms with van der Waals surface area (Å²) in [5.74, 6) is 1.06. The Hall–Kier alpha value is -3.57. The van der Waals surface area contributed by atoms with Crippen molar-refractivity contribution in [3.05, 3.63) is 102 Å². The number of aromatic nitrogens is 1. The molecule has 5 heteroatoms. The molecule has 5 nitrogen and oxygen atoms in total. The lowest BCUT2D eigenvalue weighted by Crippen LogP contribution is -2.48. The van der Waals surface area contributed by atoms with Gasteiger partial charge in [0.2, 0.25) is 5.91 Å². The highest BCUT2D eigenvalue weighted by Crippen LogP contribution is 2.36. The molecule has 3 aromatic carbocycles. The maximum absolute atomic E-state index is 13.6. The van der Waals surface area contributed by atoms with E-state index in [0.717, 1.165) is 50.6 Å². The summed E-state index contributed by atoms with van der Waals surface area (Å²) in [4.78, 5) is 18.1. The van der Waals surface area contributed by atoms with Crippen LogP contribution in [0.1, 0.15) is 42.9 Å². The molecule has 1 fully saturated rings. The minimum atomic E-state index is -0.0331. The summed E-state index contributed by atoms with van der Waals surface area (Å²) in [6.45, 7) is 10.2. The number of ether oxygens (including phenoxy) is 1. The molecule has 1 aliphatic heterocycles. The SMILES string of the molecule is CCOc1ccc([C@H](CC(=O)N2CCN(CC)CC2)c2cn(Cc3ccccc3)c3ccccc23)cc1. The van der Waals surface area contributed by atoms with Gasteiger partial charge in [0.1, 0.15) is 5.75 Å². The highest BCUT2D eigenvalue weighted by molar-refractivity contribution is 5.87. The zero-order chi connectivity index (χ0) is 25.6. The fraction of sp³-hybridized carbons (Fsp3) is 0.344. The van der Waals surface area contributed by atoms with Gasteiger partial charge in [0.15, 0.2) is 0 Å². The topological polar surface area (TPSA) is 37.7 Å². The monoisotopic (exact) mass is 495 g/mol. The maximum atomic E-state index is 13.6. The van der Waals surface area contributed by atoms with Crippen molar-refractivity contribution in [3.8, 4) is 5.75 Å². The summed E-state index contributed by atoms with van der Waals surface area (Å²) in [6.07, 6.45) is 2.72. The second-order valence-electron chi connectivity index (χ2n) is 9.79. The second kappa shape index (κ2) is 11.7. The third-order valence-electron chi connectivity index (χ3n) is 7.53. The number of para-hydroxylation sites is 1. The van der Waals surface area contributed by atoms with Crippen molar-refractivity contribution in [3.63, 3.8) is 0 Å². The average Bonchev–Trinajstić information content (AvgIpc) is 3.31. The number of piperazine rings is 1. The van der Waals surface area contributed by atoms with E-state index < -0.39 is 0 Å². The molecule has 192 valence electrons. The van der Waals surface area contributed by atoms with E-state index in [4.69, 9.17) is 4.74 Å². The predicted molar refractivity (Wildman–Crippen MR) is 150 cm³/mol. The number of benzene rings is 3. The van der Waals surface area contributed by atoms with Gasteiger partial charge in [-0.1, -0.05) is 67.6 Å². The van der Waals surface area contributed by atoms with Gasteiger partial charge in [-0.05, 0) is 48.4 Å². The van der Waals surface area contributed by atoms with E-state index in [2.05, 4.69) is 94.2 Å². The third-order valence-corrected chi connectivity index (χ3v) is 7.53. The molecule has 1 atom stereocenters. The van der Waals surface area contributed by atoms with E-state index in [1.54, 1.807) is 0 Å². The number of carbonyl (C=O) groups excluding carboxylic acids is 1. The van der Waals surface area contributed by atoms with Gasteiger partial charge in [-0.3, -0.25) is 4.79 Å². The van der Waals surface area contributed by atoms with E-state index >= 15 is 0 Å². The van der Waals surface area contributed by atoms with Crippen molar-refractivity contribution in [2.45, 2.75) is 32.7 Å². The smallest absolute Gasteiger partial charge is 0.223 e. The van der Waals surface area contributed by atoms with E-state index in [0.29, 0.717) is 13.0 Å². The van der Waals surface area contributed by atoms with E-state index in [1.165, 1.54) is 22.0 Å². The molecule has 0 aliphatic carbocycles. The van der Waals surface area contributed by atoms with Crippen LogP contribution >= 0.6 is 0 Å². The predicted octanol–water partition coefficient (Wildman–Crippen LogP) is 5.77. The Balaban J connectivity index is 1.50. The first-order chi connectivity index (χ1) is 18.2. The van der Waals surface area contributed by atoms with Gasteiger partial charge in [0.05, 0.1) is 6.61 Å². The number of amides is 1. The van der Waals surface area contributed by atoms with Crippen molar-refractivity contribution in [1.29, 1.82) is 0 Å². The lowest BCUT2D eigenvalue weighted by Gasteiger charge is -2.35.